The summed E-state index contributed by atoms with van der Waals surface area (Å²) in [5, 5.41) is 22.0. The Morgan fingerprint density at radius 3 is 1.22 bits per heavy atom. The number of carbonyl (C=O) groups is 2. The molecule has 9 aromatic heterocycles. The van der Waals surface area contributed by atoms with E-state index in [1.165, 1.54) is 13.8 Å². The Balaban J connectivity index is 0.000000195. The minimum atomic E-state index is -0.224. The number of halogens is 1. The van der Waals surface area contributed by atoms with Gasteiger partial charge in [-0.05, 0) is 103 Å². The molecule has 27 heteroatoms. The number of aryl methyl sites for hydroxylation is 6. The van der Waals surface area contributed by atoms with Gasteiger partial charge < -0.3 is 45.7 Å². The number of pyridine rings is 3. The van der Waals surface area contributed by atoms with Gasteiger partial charge >= 0.3 is 0 Å². The fraction of sp³-hybridized carbons (Fsp3) is 0.345. The van der Waals surface area contributed by atoms with Gasteiger partial charge in [0.2, 0.25) is 11.8 Å². The van der Waals surface area contributed by atoms with E-state index < -0.39 is 0 Å². The summed E-state index contributed by atoms with van der Waals surface area (Å²) in [6, 6.07) is 27.7. The van der Waals surface area contributed by atoms with Crippen LogP contribution in [-0.2, 0) is 23.8 Å². The number of nitrogen functional groups attached to an aromatic ring is 1. The minimum absolute atomic E-state index is 0.213. The highest BCUT2D eigenvalue weighted by molar-refractivity contribution is 6.29. The molecule has 0 radical (unpaired) electrons. The molecule has 0 fully saturated rings. The first-order valence-electron chi connectivity index (χ1n) is 26.9. The molecule has 2 amide bonds. The van der Waals surface area contributed by atoms with Gasteiger partial charge in [-0.2, -0.15) is 30.2 Å². The number of likely N-dealkylation sites (N-methyl/N-ethyl adjacent to an activating group) is 3. The van der Waals surface area contributed by atoms with Crippen LogP contribution in [0.25, 0.3) is 52.0 Å². The largest absolute Gasteiger partial charge is 0.384 e. The van der Waals surface area contributed by atoms with Crippen molar-refractivity contribution in [2.24, 2.45) is 0 Å². The number of hydrogen-bond donors (Lipinski definition) is 4. The number of carbonyl (C=O) groups excluding carboxylic acids is 2. The van der Waals surface area contributed by atoms with Crippen molar-refractivity contribution in [3.63, 3.8) is 0 Å². The maximum Gasteiger partial charge on any atom is 0.253 e. The smallest absolute Gasteiger partial charge is 0.253 e. The quantitative estimate of drug-likeness (QED) is 0.0460. The number of nitrogens with one attached hydrogen (secondary N) is 3. The van der Waals surface area contributed by atoms with Crippen molar-refractivity contribution in [1.82, 2.24) is 79.5 Å². The van der Waals surface area contributed by atoms with Crippen LogP contribution in [0.5, 0.6) is 0 Å². The van der Waals surface area contributed by atoms with Crippen LogP contribution in [0.3, 0.4) is 0 Å². The fourth-order valence-corrected chi connectivity index (χ4v) is 8.14. The molecule has 0 aliphatic carbocycles. The van der Waals surface area contributed by atoms with E-state index in [0.717, 1.165) is 71.2 Å². The summed E-state index contributed by atoms with van der Waals surface area (Å²) in [4.78, 5) is 67.6. The maximum atomic E-state index is 11.6. The van der Waals surface area contributed by atoms with Gasteiger partial charge in [0.15, 0.2) is 0 Å². The maximum absolute atomic E-state index is 11.6. The molecule has 5 N–H and O–H groups in total. The number of amides is 2. The van der Waals surface area contributed by atoms with Gasteiger partial charge in [-0.1, -0.05) is 29.8 Å². The lowest BCUT2D eigenvalue weighted by atomic mass is 10.2. The average Bonchev–Trinajstić information content (AvgIpc) is 3.59. The Hall–Kier alpha value is -9.21. The number of methoxy groups -OCH3 is 3. The number of nitrogens with two attached hydrogens (primary N) is 1. The normalized spacial score (nSPS) is 10.7. The third-order valence-corrected chi connectivity index (χ3v) is 12.1. The zero-order chi connectivity index (χ0) is 61.7. The van der Waals surface area contributed by atoms with Gasteiger partial charge in [-0.3, -0.25) is 9.59 Å². The number of hydrogen-bond acceptors (Lipinski definition) is 21. The standard InChI is InChI=1S/C20H25N7O2.C18H23N7O.C16H15ClN6O.C4H11NO/c1-13-11-14(2)27(25-13)20-23-17(12-18(24-20)21-15(3)28)16-7-6-8-19(22-16)26(4)9-10-29-5;1-12-10-13(2)25(23-12)18-21-15(11-16(19)22-18)14-6-5-7-17(20-14)24(3)8-9-26-4;1-9-7-10(2)23(22-9)16-20-13(8-15(21-16)18-11(3)24)12-5-4-6-14(17)19-12;1-5-3-4-6-2/h6-8,11-12H,9-10H2,1-5H3,(H,21,23,24,28);5-7,10-11H,8-9H2,1-4H3,(H2,19,21,22);4-8H,1-3H3,(H,18,20,21,24);5H,3-4H2,1-2H3. The molecule has 26 nitrogen and oxygen atoms in total. The molecular weight excluding hydrogens is 1110 g/mol. The van der Waals surface area contributed by atoms with E-state index >= 15 is 0 Å². The van der Waals surface area contributed by atoms with Crippen molar-refractivity contribution >= 4 is 52.5 Å². The number of rotatable bonds is 19. The summed E-state index contributed by atoms with van der Waals surface area (Å²) in [6.07, 6.45) is 0. The second kappa shape index (κ2) is 31.5. The predicted molar refractivity (Wildman–Crippen MR) is 330 cm³/mol. The third kappa shape index (κ3) is 19.2. The SMILES string of the molecule is CC(=O)Nc1cc(-c2cccc(Cl)n2)nc(-n2nc(C)cc2C)n1.CNCCOC.COCCN(C)c1cccc(-c2cc(N)nc(-n3nc(C)cc3C)n2)n1.COCCN(C)c1cccc(-c2cc(NC(C)=O)nc(-n3nc(C)cc3C)n2)n1. The summed E-state index contributed by atoms with van der Waals surface area (Å²) < 4.78 is 19.9. The van der Waals surface area contributed by atoms with Gasteiger partial charge in [0.25, 0.3) is 17.8 Å². The van der Waals surface area contributed by atoms with Crippen LogP contribution in [0.1, 0.15) is 48.0 Å². The first-order valence-corrected chi connectivity index (χ1v) is 27.3. The van der Waals surface area contributed by atoms with E-state index in [1.54, 1.807) is 71.8 Å². The zero-order valence-corrected chi connectivity index (χ0v) is 51.3. The molecule has 0 saturated carbocycles. The molecule has 0 unspecified atom stereocenters. The second-order valence-electron chi connectivity index (χ2n) is 19.3. The van der Waals surface area contributed by atoms with Crippen molar-refractivity contribution in [2.75, 3.05) is 108 Å². The predicted octanol–water partition coefficient (Wildman–Crippen LogP) is 7.19. The monoisotopic (exact) mass is 1180 g/mol. The minimum Gasteiger partial charge on any atom is -0.384 e. The number of anilines is 5. The summed E-state index contributed by atoms with van der Waals surface area (Å²) in [5.41, 5.74) is 15.1. The Labute approximate surface area is 499 Å². The summed E-state index contributed by atoms with van der Waals surface area (Å²) in [5.74, 6) is 3.49. The van der Waals surface area contributed by atoms with Gasteiger partial charge in [-0.15, -0.1) is 0 Å². The highest BCUT2D eigenvalue weighted by atomic mass is 35.5. The van der Waals surface area contributed by atoms with E-state index in [0.29, 0.717) is 88.7 Å². The van der Waals surface area contributed by atoms with Crippen molar-refractivity contribution in [3.05, 3.63) is 130 Å². The van der Waals surface area contributed by atoms with Gasteiger partial charge in [0.05, 0.1) is 71.1 Å². The van der Waals surface area contributed by atoms with E-state index in [9.17, 15) is 9.59 Å². The Bertz CT molecular complexity index is 3660. The van der Waals surface area contributed by atoms with Crippen LogP contribution in [-0.4, -0.2) is 168 Å². The molecule has 0 spiro atoms. The molecule has 0 saturated heterocycles. The zero-order valence-electron chi connectivity index (χ0n) is 50.5. The molecular formula is C58H74ClN21O5. The topological polar surface area (TPSA) is 300 Å². The molecule has 0 aliphatic rings. The molecule has 0 bridgehead atoms. The molecule has 0 atom stereocenters. The van der Waals surface area contributed by atoms with Gasteiger partial charge in [-0.25, -0.2) is 43.9 Å². The Kier molecular flexibility index (Phi) is 24.0. The summed E-state index contributed by atoms with van der Waals surface area (Å²) in [6.45, 7) is 18.8. The van der Waals surface area contributed by atoms with E-state index in [2.05, 4.69) is 66.1 Å². The first-order chi connectivity index (χ1) is 40.7. The summed E-state index contributed by atoms with van der Waals surface area (Å²) >= 11 is 5.96. The van der Waals surface area contributed by atoms with Crippen LogP contribution in [0, 0.1) is 41.5 Å². The van der Waals surface area contributed by atoms with Gasteiger partial charge in [0.1, 0.15) is 34.2 Å². The Morgan fingerprint density at radius 2 is 0.882 bits per heavy atom. The van der Waals surface area contributed by atoms with Gasteiger partial charge in [0, 0.05) is 104 Å². The Morgan fingerprint density at radius 1 is 0.506 bits per heavy atom. The van der Waals surface area contributed by atoms with Crippen LogP contribution < -0.4 is 31.5 Å². The highest BCUT2D eigenvalue weighted by Crippen LogP contribution is 2.26. The van der Waals surface area contributed by atoms with Crippen molar-refractivity contribution in [1.29, 1.82) is 0 Å². The lowest BCUT2D eigenvalue weighted by Gasteiger charge is -2.18. The second-order valence-corrected chi connectivity index (χ2v) is 19.7. The number of nitrogens with zero attached hydrogens (tertiary/aromatic N) is 17. The molecule has 9 heterocycles. The molecule has 9 rings (SSSR count). The number of ether oxygens (including phenoxy) is 3. The third-order valence-electron chi connectivity index (χ3n) is 11.9. The first kappa shape index (κ1) is 65.0. The lowest BCUT2D eigenvalue weighted by molar-refractivity contribution is -0.115. The lowest BCUT2D eigenvalue weighted by Crippen LogP contribution is -2.23. The summed E-state index contributed by atoms with van der Waals surface area (Å²) in [7, 11) is 10.9. The van der Waals surface area contributed by atoms with E-state index in [-0.39, 0.29) is 11.8 Å². The molecule has 448 valence electrons. The van der Waals surface area contributed by atoms with Crippen molar-refractivity contribution in [2.45, 2.75) is 55.4 Å². The fourth-order valence-electron chi connectivity index (χ4n) is 7.98. The average molecular weight is 1180 g/mol. The molecule has 9 aromatic rings. The van der Waals surface area contributed by atoms with Crippen LogP contribution in [0.4, 0.5) is 29.1 Å². The molecule has 85 heavy (non-hydrogen) atoms. The number of aromatic nitrogens is 15. The van der Waals surface area contributed by atoms with Crippen LogP contribution in [0.15, 0.2) is 91.0 Å². The van der Waals surface area contributed by atoms with E-state index in [1.807, 2.05) is 127 Å². The van der Waals surface area contributed by atoms with Crippen molar-refractivity contribution in [3.8, 4) is 52.0 Å². The van der Waals surface area contributed by atoms with Crippen LogP contribution in [0.2, 0.25) is 5.15 Å². The van der Waals surface area contributed by atoms with E-state index in [4.69, 9.17) is 41.5 Å². The van der Waals surface area contributed by atoms with Crippen LogP contribution >= 0.6 is 11.6 Å². The molecule has 0 aromatic carbocycles. The molecule has 0 aliphatic heterocycles. The highest BCUT2D eigenvalue weighted by Gasteiger charge is 2.17. The van der Waals surface area contributed by atoms with Crippen molar-refractivity contribution < 1.29 is 23.8 Å².